The fourth-order valence-electron chi connectivity index (χ4n) is 1.69. The molecular formula is C13H20N2OSi. The molecule has 0 bridgehead atoms. The number of nitrogens with zero attached hydrogens (tertiary/aromatic N) is 2. The van der Waals surface area contributed by atoms with Crippen LogP contribution < -0.4 is 0 Å². The second kappa shape index (κ2) is 5.02. The van der Waals surface area contributed by atoms with Crippen LogP contribution in [0.15, 0.2) is 30.7 Å². The Kier molecular flexibility index (Phi) is 3.64. The molecule has 2 heterocycles. The summed E-state index contributed by atoms with van der Waals surface area (Å²) in [5, 5.41) is 1.17. The van der Waals surface area contributed by atoms with Gasteiger partial charge in [-0.1, -0.05) is 19.6 Å². The summed E-state index contributed by atoms with van der Waals surface area (Å²) in [5.74, 6) is 0. The number of aromatic nitrogens is 2. The van der Waals surface area contributed by atoms with Gasteiger partial charge in [0.1, 0.15) is 6.73 Å². The number of rotatable bonds is 5. The lowest BCUT2D eigenvalue weighted by molar-refractivity contribution is 0.0902. The Bertz CT molecular complexity index is 487. The molecule has 0 radical (unpaired) electrons. The lowest BCUT2D eigenvalue weighted by atomic mass is 10.3. The molecule has 92 valence electrons. The summed E-state index contributed by atoms with van der Waals surface area (Å²) in [7, 11) is -0.977. The molecule has 0 aliphatic carbocycles. The molecule has 0 spiro atoms. The molecule has 0 unspecified atom stereocenters. The van der Waals surface area contributed by atoms with Crippen molar-refractivity contribution in [1.29, 1.82) is 0 Å². The van der Waals surface area contributed by atoms with E-state index in [1.54, 1.807) is 0 Å². The van der Waals surface area contributed by atoms with Gasteiger partial charge in [-0.15, -0.1) is 0 Å². The van der Waals surface area contributed by atoms with E-state index in [2.05, 4.69) is 41.5 Å². The van der Waals surface area contributed by atoms with Crippen molar-refractivity contribution in [3.8, 4) is 0 Å². The monoisotopic (exact) mass is 248 g/mol. The highest BCUT2D eigenvalue weighted by molar-refractivity contribution is 6.76. The molecule has 0 N–H and O–H groups in total. The van der Waals surface area contributed by atoms with E-state index in [9.17, 15) is 0 Å². The van der Waals surface area contributed by atoms with Crippen molar-refractivity contribution < 1.29 is 4.74 Å². The second-order valence-corrected chi connectivity index (χ2v) is 11.2. The van der Waals surface area contributed by atoms with Gasteiger partial charge in [0.15, 0.2) is 0 Å². The minimum atomic E-state index is -0.977. The minimum Gasteiger partial charge on any atom is -0.361 e. The molecule has 3 nitrogen and oxygen atoms in total. The number of hydrogen-bond acceptors (Lipinski definition) is 2. The van der Waals surface area contributed by atoms with Gasteiger partial charge in [0.05, 0.1) is 5.52 Å². The average molecular weight is 248 g/mol. The Hall–Kier alpha value is -1.13. The third kappa shape index (κ3) is 3.41. The topological polar surface area (TPSA) is 27.1 Å². The summed E-state index contributed by atoms with van der Waals surface area (Å²) >= 11 is 0. The van der Waals surface area contributed by atoms with Crippen molar-refractivity contribution in [3.05, 3.63) is 30.7 Å². The van der Waals surface area contributed by atoms with Crippen molar-refractivity contribution >= 4 is 19.0 Å². The molecule has 0 amide bonds. The van der Waals surface area contributed by atoms with Crippen molar-refractivity contribution in [2.24, 2.45) is 0 Å². The molecule has 2 rings (SSSR count). The number of pyridine rings is 1. The molecule has 0 aliphatic rings. The van der Waals surface area contributed by atoms with Gasteiger partial charge in [0.25, 0.3) is 0 Å². The predicted molar refractivity (Wildman–Crippen MR) is 73.8 cm³/mol. The Morgan fingerprint density at radius 3 is 2.88 bits per heavy atom. The van der Waals surface area contributed by atoms with E-state index in [4.69, 9.17) is 4.74 Å². The molecule has 2 aromatic rings. The number of fused-ring (bicyclic) bond motifs is 1. The van der Waals surface area contributed by atoms with Gasteiger partial charge in [-0.2, -0.15) is 0 Å². The SMILES string of the molecule is C[Si](C)(C)CCOCn1ccc2cnccc21. The zero-order chi connectivity index (χ0) is 12.3. The normalized spacial score (nSPS) is 12.2. The maximum atomic E-state index is 5.74. The summed E-state index contributed by atoms with van der Waals surface area (Å²) in [4.78, 5) is 4.11. The standard InChI is InChI=1S/C13H20N2OSi/c1-17(2,3)9-8-16-11-15-7-5-12-10-14-6-4-13(12)15/h4-7,10H,8-9,11H2,1-3H3. The van der Waals surface area contributed by atoms with Crippen LogP contribution in [0.5, 0.6) is 0 Å². The first kappa shape index (κ1) is 12.3. The Morgan fingerprint density at radius 1 is 1.29 bits per heavy atom. The van der Waals surface area contributed by atoms with Crippen LogP contribution in [0.4, 0.5) is 0 Å². The third-order valence-electron chi connectivity index (χ3n) is 2.80. The highest BCUT2D eigenvalue weighted by atomic mass is 28.3. The average Bonchev–Trinajstić information content (AvgIpc) is 2.67. The Labute approximate surface area is 103 Å². The van der Waals surface area contributed by atoms with E-state index >= 15 is 0 Å². The molecule has 0 aromatic carbocycles. The van der Waals surface area contributed by atoms with Gasteiger partial charge in [0, 0.05) is 38.7 Å². The smallest absolute Gasteiger partial charge is 0.122 e. The van der Waals surface area contributed by atoms with Crippen LogP contribution in [0.2, 0.25) is 25.7 Å². The highest BCUT2D eigenvalue weighted by Gasteiger charge is 2.12. The summed E-state index contributed by atoms with van der Waals surface area (Å²) in [6.07, 6.45) is 5.76. The van der Waals surface area contributed by atoms with Crippen molar-refractivity contribution in [3.63, 3.8) is 0 Å². The molecule has 0 aliphatic heterocycles. The first-order valence-corrected chi connectivity index (χ1v) is 9.74. The molecule has 2 aromatic heterocycles. The fraction of sp³-hybridized carbons (Fsp3) is 0.462. The Morgan fingerprint density at radius 2 is 2.12 bits per heavy atom. The molecule has 0 fully saturated rings. The second-order valence-electron chi connectivity index (χ2n) is 5.57. The molecule has 0 saturated carbocycles. The van der Waals surface area contributed by atoms with E-state index in [1.807, 2.05) is 18.5 Å². The van der Waals surface area contributed by atoms with Gasteiger partial charge in [-0.25, -0.2) is 0 Å². The summed E-state index contributed by atoms with van der Waals surface area (Å²) < 4.78 is 7.87. The fourth-order valence-corrected chi connectivity index (χ4v) is 2.45. The molecule has 0 saturated heterocycles. The van der Waals surface area contributed by atoms with E-state index in [0.29, 0.717) is 6.73 Å². The van der Waals surface area contributed by atoms with Crippen LogP contribution >= 0.6 is 0 Å². The van der Waals surface area contributed by atoms with E-state index < -0.39 is 8.07 Å². The zero-order valence-corrected chi connectivity index (χ0v) is 11.8. The quantitative estimate of drug-likeness (QED) is 0.599. The maximum Gasteiger partial charge on any atom is 0.122 e. The van der Waals surface area contributed by atoms with Crippen LogP contribution in [0.3, 0.4) is 0 Å². The van der Waals surface area contributed by atoms with Gasteiger partial charge >= 0.3 is 0 Å². The van der Waals surface area contributed by atoms with Crippen LogP contribution in [-0.4, -0.2) is 24.2 Å². The van der Waals surface area contributed by atoms with Crippen LogP contribution in [0, 0.1) is 0 Å². The predicted octanol–water partition coefficient (Wildman–Crippen LogP) is 3.35. The van der Waals surface area contributed by atoms with Gasteiger partial charge in [-0.05, 0) is 18.2 Å². The number of hydrogen-bond donors (Lipinski definition) is 0. The maximum absolute atomic E-state index is 5.74. The van der Waals surface area contributed by atoms with Crippen molar-refractivity contribution in [2.45, 2.75) is 32.4 Å². The van der Waals surface area contributed by atoms with Gasteiger partial charge in [-0.3, -0.25) is 4.98 Å². The lowest BCUT2D eigenvalue weighted by Crippen LogP contribution is -2.21. The van der Waals surface area contributed by atoms with Crippen LogP contribution in [0.1, 0.15) is 0 Å². The van der Waals surface area contributed by atoms with Crippen molar-refractivity contribution in [1.82, 2.24) is 9.55 Å². The van der Waals surface area contributed by atoms with Crippen LogP contribution in [-0.2, 0) is 11.5 Å². The first-order valence-electron chi connectivity index (χ1n) is 6.03. The minimum absolute atomic E-state index is 0.637. The highest BCUT2D eigenvalue weighted by Crippen LogP contribution is 2.14. The largest absolute Gasteiger partial charge is 0.361 e. The summed E-state index contributed by atoms with van der Waals surface area (Å²) in [5.41, 5.74) is 1.19. The Balaban J connectivity index is 1.91. The zero-order valence-electron chi connectivity index (χ0n) is 10.8. The van der Waals surface area contributed by atoms with Gasteiger partial charge < -0.3 is 9.30 Å². The number of ether oxygens (including phenoxy) is 1. The molecule has 17 heavy (non-hydrogen) atoms. The van der Waals surface area contributed by atoms with E-state index in [-0.39, 0.29) is 0 Å². The molecular weight excluding hydrogens is 228 g/mol. The summed E-state index contributed by atoms with van der Waals surface area (Å²) in [6.45, 7) is 8.60. The molecule has 0 atom stereocenters. The summed E-state index contributed by atoms with van der Waals surface area (Å²) in [6, 6.07) is 5.31. The molecule has 4 heteroatoms. The van der Waals surface area contributed by atoms with Gasteiger partial charge in [0.2, 0.25) is 0 Å². The third-order valence-corrected chi connectivity index (χ3v) is 4.50. The van der Waals surface area contributed by atoms with Crippen molar-refractivity contribution in [2.75, 3.05) is 6.61 Å². The first-order chi connectivity index (χ1) is 8.06. The lowest BCUT2D eigenvalue weighted by Gasteiger charge is -2.15. The van der Waals surface area contributed by atoms with E-state index in [0.717, 1.165) is 6.61 Å². The van der Waals surface area contributed by atoms with E-state index in [1.165, 1.54) is 16.9 Å². The van der Waals surface area contributed by atoms with Crippen LogP contribution in [0.25, 0.3) is 10.9 Å².